The molecule has 2 heterocycles. The first-order valence-corrected chi connectivity index (χ1v) is 11.7. The van der Waals surface area contributed by atoms with Gasteiger partial charge in [0.15, 0.2) is 5.78 Å². The van der Waals surface area contributed by atoms with Crippen LogP contribution in [0.4, 0.5) is 4.39 Å². The summed E-state index contributed by atoms with van der Waals surface area (Å²) in [6.45, 7) is 5.56. The van der Waals surface area contributed by atoms with Gasteiger partial charge in [0.25, 0.3) is 0 Å². The molecule has 2 aromatic rings. The van der Waals surface area contributed by atoms with E-state index in [1.165, 1.54) is 50.0 Å². The van der Waals surface area contributed by atoms with E-state index in [4.69, 9.17) is 4.74 Å². The van der Waals surface area contributed by atoms with Crippen molar-refractivity contribution in [2.24, 2.45) is 0 Å². The van der Waals surface area contributed by atoms with Gasteiger partial charge in [0.05, 0.1) is 13.2 Å². The van der Waals surface area contributed by atoms with Crippen molar-refractivity contribution >= 4 is 5.78 Å². The number of Topliss-reactive ketones (excluding diaryl/α,β-unsaturated/α-hetero) is 1. The number of benzene rings is 2. The number of hydrogen-bond donors (Lipinski definition) is 0. The van der Waals surface area contributed by atoms with E-state index in [-0.39, 0.29) is 17.6 Å². The monoisotopic (exact) mass is 424 g/mol. The average molecular weight is 425 g/mol. The smallest absolute Gasteiger partial charge is 0.176 e. The number of piperidine rings is 1. The van der Waals surface area contributed by atoms with Crippen molar-refractivity contribution in [3.05, 3.63) is 65.5 Å². The molecule has 4 rings (SSSR count). The molecule has 2 saturated heterocycles. The standard InChI is InChI=1S/C26H33FN2O2/c27-23-12-10-21(11-13-23)26(30)20-29-17-5-9-25(29)22-7-4-8-24(19-22)31-18-6-16-28-14-2-1-3-15-28/h4,7-8,10-13,19,25H,1-3,5-6,9,14-18,20H2. The Bertz CT molecular complexity index is 849. The zero-order valence-corrected chi connectivity index (χ0v) is 18.3. The summed E-state index contributed by atoms with van der Waals surface area (Å²) in [6.07, 6.45) is 7.17. The Hall–Kier alpha value is -2.24. The third-order valence-corrected chi connectivity index (χ3v) is 6.46. The van der Waals surface area contributed by atoms with Gasteiger partial charge in [-0.3, -0.25) is 9.69 Å². The van der Waals surface area contributed by atoms with Gasteiger partial charge in [-0.25, -0.2) is 4.39 Å². The summed E-state index contributed by atoms with van der Waals surface area (Å²) in [7, 11) is 0. The van der Waals surface area contributed by atoms with E-state index >= 15 is 0 Å². The molecule has 1 atom stereocenters. The van der Waals surface area contributed by atoms with Crippen molar-refractivity contribution in [1.82, 2.24) is 9.80 Å². The second-order valence-electron chi connectivity index (χ2n) is 8.74. The summed E-state index contributed by atoms with van der Waals surface area (Å²) in [4.78, 5) is 17.4. The Kier molecular flexibility index (Phi) is 7.71. The van der Waals surface area contributed by atoms with Crippen LogP contribution in [0.25, 0.3) is 0 Å². The predicted molar refractivity (Wildman–Crippen MR) is 121 cm³/mol. The molecule has 166 valence electrons. The maximum atomic E-state index is 13.1. The molecular formula is C26H33FN2O2. The molecule has 0 bridgehead atoms. The van der Waals surface area contributed by atoms with Crippen molar-refractivity contribution < 1.29 is 13.9 Å². The van der Waals surface area contributed by atoms with Gasteiger partial charge in [-0.15, -0.1) is 0 Å². The zero-order chi connectivity index (χ0) is 21.5. The number of carbonyl (C=O) groups is 1. The SMILES string of the molecule is O=C(CN1CCCC1c1cccc(OCCCN2CCCCC2)c1)c1ccc(F)cc1. The van der Waals surface area contributed by atoms with E-state index in [0.29, 0.717) is 12.1 Å². The molecule has 1 unspecified atom stereocenters. The lowest BCUT2D eigenvalue weighted by atomic mass is 10.0. The Morgan fingerprint density at radius 1 is 1.00 bits per heavy atom. The van der Waals surface area contributed by atoms with Crippen LogP contribution >= 0.6 is 0 Å². The summed E-state index contributed by atoms with van der Waals surface area (Å²) in [5, 5.41) is 0. The number of hydrogen-bond acceptors (Lipinski definition) is 4. The van der Waals surface area contributed by atoms with Crippen LogP contribution in [0.1, 0.15) is 60.5 Å². The van der Waals surface area contributed by atoms with E-state index in [1.54, 1.807) is 12.1 Å². The Labute approximate surface area is 185 Å². The third-order valence-electron chi connectivity index (χ3n) is 6.46. The van der Waals surface area contributed by atoms with E-state index < -0.39 is 0 Å². The highest BCUT2D eigenvalue weighted by Gasteiger charge is 2.28. The fraction of sp³-hybridized carbons (Fsp3) is 0.500. The second-order valence-corrected chi connectivity index (χ2v) is 8.74. The van der Waals surface area contributed by atoms with Crippen LogP contribution in [0.3, 0.4) is 0 Å². The van der Waals surface area contributed by atoms with Crippen LogP contribution in [-0.4, -0.2) is 54.9 Å². The molecule has 0 aliphatic carbocycles. The van der Waals surface area contributed by atoms with Gasteiger partial charge in [0, 0.05) is 18.2 Å². The largest absolute Gasteiger partial charge is 0.494 e. The van der Waals surface area contributed by atoms with E-state index in [9.17, 15) is 9.18 Å². The van der Waals surface area contributed by atoms with Crippen LogP contribution in [0, 0.1) is 5.82 Å². The van der Waals surface area contributed by atoms with Gasteiger partial charge in [-0.2, -0.15) is 0 Å². The number of carbonyl (C=O) groups excluding carboxylic acids is 1. The fourth-order valence-electron chi connectivity index (χ4n) is 4.78. The number of rotatable bonds is 9. The first kappa shape index (κ1) is 22.0. The first-order chi connectivity index (χ1) is 15.2. The van der Waals surface area contributed by atoms with Crippen LogP contribution in [-0.2, 0) is 0 Å². The molecule has 0 spiro atoms. The summed E-state index contributed by atoms with van der Waals surface area (Å²) < 4.78 is 19.2. The van der Waals surface area contributed by atoms with Gasteiger partial charge in [-0.1, -0.05) is 18.6 Å². The third kappa shape index (κ3) is 6.14. The molecular weight excluding hydrogens is 391 g/mol. The van der Waals surface area contributed by atoms with E-state index in [0.717, 1.165) is 44.7 Å². The van der Waals surface area contributed by atoms with Gasteiger partial charge in [0.1, 0.15) is 11.6 Å². The Balaban J connectivity index is 1.30. The number of ketones is 1. The topological polar surface area (TPSA) is 32.8 Å². The lowest BCUT2D eigenvalue weighted by Gasteiger charge is -2.26. The normalized spacial score (nSPS) is 20.1. The molecule has 4 nitrogen and oxygen atoms in total. The van der Waals surface area contributed by atoms with Crippen molar-refractivity contribution in [2.75, 3.05) is 39.3 Å². The lowest BCUT2D eigenvalue weighted by Crippen LogP contribution is -2.31. The molecule has 2 fully saturated rings. The predicted octanol–water partition coefficient (Wildman–Crippen LogP) is 5.10. The summed E-state index contributed by atoms with van der Waals surface area (Å²) in [5.41, 5.74) is 1.77. The molecule has 2 aliphatic rings. The molecule has 0 aromatic heterocycles. The van der Waals surface area contributed by atoms with E-state index in [1.807, 2.05) is 12.1 Å². The fourth-order valence-corrected chi connectivity index (χ4v) is 4.78. The van der Waals surface area contributed by atoms with Gasteiger partial charge in [-0.05, 0) is 93.7 Å². The number of likely N-dealkylation sites (tertiary alicyclic amines) is 2. The maximum absolute atomic E-state index is 13.1. The summed E-state index contributed by atoms with van der Waals surface area (Å²) >= 11 is 0. The van der Waals surface area contributed by atoms with Crippen LogP contribution in [0.5, 0.6) is 5.75 Å². The molecule has 0 radical (unpaired) electrons. The minimum atomic E-state index is -0.316. The molecule has 0 saturated carbocycles. The quantitative estimate of drug-likeness (QED) is 0.414. The Morgan fingerprint density at radius 2 is 1.81 bits per heavy atom. The minimum Gasteiger partial charge on any atom is -0.494 e. The van der Waals surface area contributed by atoms with Gasteiger partial charge >= 0.3 is 0 Å². The molecule has 2 aliphatic heterocycles. The van der Waals surface area contributed by atoms with Crippen LogP contribution < -0.4 is 4.74 Å². The first-order valence-electron chi connectivity index (χ1n) is 11.7. The van der Waals surface area contributed by atoms with E-state index in [2.05, 4.69) is 21.9 Å². The maximum Gasteiger partial charge on any atom is 0.176 e. The van der Waals surface area contributed by atoms with Crippen LogP contribution in [0.15, 0.2) is 48.5 Å². The summed E-state index contributed by atoms with van der Waals surface area (Å²) in [5.74, 6) is 0.633. The molecule has 5 heteroatoms. The number of nitrogens with zero attached hydrogens (tertiary/aromatic N) is 2. The number of halogens is 1. The molecule has 0 N–H and O–H groups in total. The number of ether oxygens (including phenoxy) is 1. The highest BCUT2D eigenvalue weighted by Crippen LogP contribution is 2.33. The molecule has 0 amide bonds. The zero-order valence-electron chi connectivity index (χ0n) is 18.3. The Morgan fingerprint density at radius 3 is 2.61 bits per heavy atom. The van der Waals surface area contributed by atoms with Crippen molar-refractivity contribution in [2.45, 2.75) is 44.6 Å². The van der Waals surface area contributed by atoms with Crippen molar-refractivity contribution in [3.63, 3.8) is 0 Å². The summed E-state index contributed by atoms with van der Waals surface area (Å²) in [6, 6.07) is 14.4. The van der Waals surface area contributed by atoms with Crippen molar-refractivity contribution in [1.29, 1.82) is 0 Å². The van der Waals surface area contributed by atoms with Crippen molar-refractivity contribution in [3.8, 4) is 5.75 Å². The molecule has 2 aromatic carbocycles. The second kappa shape index (κ2) is 10.9. The average Bonchev–Trinajstić information content (AvgIpc) is 3.26. The van der Waals surface area contributed by atoms with Gasteiger partial charge in [0.2, 0.25) is 0 Å². The highest BCUT2D eigenvalue weighted by molar-refractivity contribution is 5.97. The lowest BCUT2D eigenvalue weighted by molar-refractivity contribution is 0.0921. The molecule has 31 heavy (non-hydrogen) atoms. The minimum absolute atomic E-state index is 0.0389. The van der Waals surface area contributed by atoms with Gasteiger partial charge < -0.3 is 9.64 Å². The highest BCUT2D eigenvalue weighted by atomic mass is 19.1. The van der Waals surface area contributed by atoms with Crippen LogP contribution in [0.2, 0.25) is 0 Å².